The second-order valence-electron chi connectivity index (χ2n) is 7.83. The predicted octanol–water partition coefficient (Wildman–Crippen LogP) is 4.30. The highest BCUT2D eigenvalue weighted by Gasteiger charge is 2.24. The van der Waals surface area contributed by atoms with Crippen molar-refractivity contribution in [2.75, 3.05) is 19.6 Å². The molecule has 0 aliphatic rings. The van der Waals surface area contributed by atoms with E-state index in [0.29, 0.717) is 0 Å². The van der Waals surface area contributed by atoms with Crippen LogP contribution < -0.4 is 17.0 Å². The van der Waals surface area contributed by atoms with E-state index in [1.807, 2.05) is 0 Å². The van der Waals surface area contributed by atoms with Gasteiger partial charge in [-0.15, -0.1) is 0 Å². The number of halogens is 1. The molecular formula is C25H42BrN. The van der Waals surface area contributed by atoms with Crippen molar-refractivity contribution >= 4 is 0 Å². The highest BCUT2D eigenvalue weighted by Crippen LogP contribution is 2.18. The molecule has 0 aliphatic heterocycles. The molecule has 0 fully saturated rings. The summed E-state index contributed by atoms with van der Waals surface area (Å²) in [7, 11) is 0. The van der Waals surface area contributed by atoms with E-state index in [4.69, 9.17) is 0 Å². The van der Waals surface area contributed by atoms with Crippen LogP contribution in [0.15, 0.2) is 55.6 Å². The summed E-state index contributed by atoms with van der Waals surface area (Å²) < 4.78 is 1.06. The molecular weight excluding hydrogens is 394 g/mol. The van der Waals surface area contributed by atoms with Gasteiger partial charge >= 0.3 is 0 Å². The number of rotatable bonds is 17. The summed E-state index contributed by atoms with van der Waals surface area (Å²) in [6.45, 7) is 14.7. The number of nitrogens with zero attached hydrogens (tertiary/aromatic N) is 1. The molecule has 1 rings (SSSR count). The molecule has 1 aromatic carbocycles. The number of hydrogen-bond donors (Lipinski definition) is 0. The fourth-order valence-electron chi connectivity index (χ4n) is 3.92. The lowest BCUT2D eigenvalue weighted by Crippen LogP contribution is -3.00. The molecule has 0 heterocycles. The number of unbranched alkanes of at least 4 members (excludes halogenated alkanes) is 9. The van der Waals surface area contributed by atoms with Crippen molar-refractivity contribution < 1.29 is 21.5 Å². The van der Waals surface area contributed by atoms with Crippen molar-refractivity contribution in [1.29, 1.82) is 0 Å². The average molecular weight is 437 g/mol. The van der Waals surface area contributed by atoms with Gasteiger partial charge in [-0.2, -0.15) is 0 Å². The van der Waals surface area contributed by atoms with E-state index in [1.54, 1.807) is 0 Å². The van der Waals surface area contributed by atoms with Gasteiger partial charge in [0.1, 0.15) is 6.54 Å². The molecule has 0 amide bonds. The summed E-state index contributed by atoms with van der Waals surface area (Å²) in [5.74, 6) is 0. The molecule has 0 unspecified atom stereocenters. The second kappa shape index (κ2) is 17.3. The van der Waals surface area contributed by atoms with Crippen LogP contribution in [0.1, 0.15) is 76.7 Å². The Balaban J connectivity index is 0.00000676. The Morgan fingerprint density at radius 2 is 1.22 bits per heavy atom. The molecule has 1 aromatic rings. The molecule has 0 N–H and O–H groups in total. The first kappa shape index (κ1) is 26.1. The average Bonchev–Trinajstić information content (AvgIpc) is 2.64. The summed E-state index contributed by atoms with van der Waals surface area (Å²) in [6.07, 6.45) is 18.1. The van der Waals surface area contributed by atoms with Crippen molar-refractivity contribution in [2.24, 2.45) is 0 Å². The topological polar surface area (TPSA) is 0 Å². The Hall–Kier alpha value is -0.860. The van der Waals surface area contributed by atoms with Crippen molar-refractivity contribution in [2.45, 2.75) is 77.7 Å². The smallest absolute Gasteiger partial charge is 0.105 e. The lowest BCUT2D eigenvalue weighted by Gasteiger charge is -2.37. The van der Waals surface area contributed by atoms with E-state index in [-0.39, 0.29) is 17.0 Å². The van der Waals surface area contributed by atoms with Crippen LogP contribution >= 0.6 is 0 Å². The summed E-state index contributed by atoms with van der Waals surface area (Å²) >= 11 is 0. The zero-order chi connectivity index (χ0) is 18.9. The fraction of sp³-hybridized carbons (Fsp3) is 0.600. The third-order valence-corrected chi connectivity index (χ3v) is 5.38. The molecule has 1 nitrogen and oxygen atoms in total. The number of benzene rings is 1. The molecule has 0 saturated carbocycles. The molecule has 154 valence electrons. The van der Waals surface area contributed by atoms with Gasteiger partial charge in [0.25, 0.3) is 0 Å². The number of hydrogen-bond acceptors (Lipinski definition) is 0. The Morgan fingerprint density at radius 3 is 1.70 bits per heavy atom. The maximum Gasteiger partial charge on any atom is 0.105 e. The van der Waals surface area contributed by atoms with Gasteiger partial charge in [0.15, 0.2) is 0 Å². The minimum absolute atomic E-state index is 0. The maximum atomic E-state index is 4.02. The third-order valence-electron chi connectivity index (χ3n) is 5.38. The Morgan fingerprint density at radius 1 is 0.741 bits per heavy atom. The first-order valence-electron chi connectivity index (χ1n) is 10.9. The summed E-state index contributed by atoms with van der Waals surface area (Å²) in [5, 5.41) is 0. The van der Waals surface area contributed by atoms with Crippen molar-refractivity contribution in [1.82, 2.24) is 0 Å². The summed E-state index contributed by atoms with van der Waals surface area (Å²) in [4.78, 5) is 0. The monoisotopic (exact) mass is 435 g/mol. The van der Waals surface area contributed by atoms with Crippen LogP contribution in [-0.2, 0) is 6.54 Å². The molecule has 27 heavy (non-hydrogen) atoms. The van der Waals surface area contributed by atoms with Crippen LogP contribution in [0, 0.1) is 0 Å². The van der Waals surface area contributed by atoms with Crippen LogP contribution in [0.5, 0.6) is 0 Å². The predicted molar refractivity (Wildman–Crippen MR) is 117 cm³/mol. The number of quaternary nitrogens is 1. The first-order valence-corrected chi connectivity index (χ1v) is 10.9. The summed E-state index contributed by atoms with van der Waals surface area (Å²) in [5.41, 5.74) is 1.42. The Kier molecular flexibility index (Phi) is 16.7. The van der Waals surface area contributed by atoms with E-state index >= 15 is 0 Å². The van der Waals surface area contributed by atoms with Crippen molar-refractivity contribution in [3.63, 3.8) is 0 Å². The molecule has 0 saturated heterocycles. The zero-order valence-corrected chi connectivity index (χ0v) is 19.3. The second-order valence-corrected chi connectivity index (χ2v) is 7.83. The lowest BCUT2D eigenvalue weighted by molar-refractivity contribution is -0.930. The maximum absolute atomic E-state index is 4.02. The molecule has 0 aromatic heterocycles. The lowest BCUT2D eigenvalue weighted by atomic mass is 10.1. The van der Waals surface area contributed by atoms with Gasteiger partial charge in [0.2, 0.25) is 0 Å². The molecule has 2 heteroatoms. The zero-order valence-electron chi connectivity index (χ0n) is 17.7. The summed E-state index contributed by atoms with van der Waals surface area (Å²) in [6, 6.07) is 10.9. The molecule has 0 bridgehead atoms. The third kappa shape index (κ3) is 12.3. The van der Waals surface area contributed by atoms with Gasteiger partial charge in [0.05, 0.1) is 19.6 Å². The molecule has 0 spiro atoms. The van der Waals surface area contributed by atoms with Gasteiger partial charge < -0.3 is 21.5 Å². The highest BCUT2D eigenvalue weighted by atomic mass is 79.9. The van der Waals surface area contributed by atoms with Crippen molar-refractivity contribution in [3.05, 3.63) is 61.2 Å². The van der Waals surface area contributed by atoms with E-state index in [2.05, 4.69) is 62.6 Å². The molecule has 0 aliphatic carbocycles. The van der Waals surface area contributed by atoms with Gasteiger partial charge in [-0.3, -0.25) is 0 Å². The van der Waals surface area contributed by atoms with Crippen LogP contribution in [0.25, 0.3) is 0 Å². The largest absolute Gasteiger partial charge is 1.00 e. The van der Waals surface area contributed by atoms with Gasteiger partial charge in [-0.25, -0.2) is 0 Å². The Bertz CT molecular complexity index is 458. The van der Waals surface area contributed by atoms with Gasteiger partial charge in [-0.05, 0) is 25.0 Å². The standard InChI is InChI=1S/C25H42N.BrH/c1-4-7-8-9-10-11-12-13-14-18-23-26(21-5-2,22-6-3)24-25-19-16-15-17-20-25;/h5-6,15-17,19-20H,2-4,7-14,18,21-24H2,1H3;1H/q+1;/p-1. The van der Waals surface area contributed by atoms with Gasteiger partial charge in [0, 0.05) is 5.56 Å². The first-order chi connectivity index (χ1) is 12.8. The Labute approximate surface area is 179 Å². The van der Waals surface area contributed by atoms with Crippen LogP contribution in [-0.4, -0.2) is 24.1 Å². The highest BCUT2D eigenvalue weighted by molar-refractivity contribution is 5.13. The minimum atomic E-state index is 0. The van der Waals surface area contributed by atoms with E-state index in [9.17, 15) is 0 Å². The van der Waals surface area contributed by atoms with Crippen LogP contribution in [0.4, 0.5) is 0 Å². The van der Waals surface area contributed by atoms with Crippen molar-refractivity contribution in [3.8, 4) is 0 Å². The normalized spacial score (nSPS) is 11.0. The SMILES string of the molecule is C=CC[N+](CC=C)(CCCCCCCCCCCC)Cc1ccccc1.[Br-]. The van der Waals surface area contributed by atoms with E-state index in [1.165, 1.54) is 76.3 Å². The minimum Gasteiger partial charge on any atom is -1.00 e. The van der Waals surface area contributed by atoms with E-state index in [0.717, 1.165) is 24.1 Å². The van der Waals surface area contributed by atoms with Crippen LogP contribution in [0.2, 0.25) is 0 Å². The quantitative estimate of drug-likeness (QED) is 0.194. The van der Waals surface area contributed by atoms with Gasteiger partial charge in [-0.1, -0.05) is 102 Å². The van der Waals surface area contributed by atoms with E-state index < -0.39 is 0 Å². The molecule has 0 radical (unpaired) electrons. The molecule has 0 atom stereocenters. The van der Waals surface area contributed by atoms with Crippen LogP contribution in [0.3, 0.4) is 0 Å². The fourth-order valence-corrected chi connectivity index (χ4v) is 3.92.